The Balaban J connectivity index is 2.18. The van der Waals surface area contributed by atoms with E-state index in [0.717, 1.165) is 36.4 Å². The summed E-state index contributed by atoms with van der Waals surface area (Å²) in [7, 11) is 0. The molecular weight excluding hydrogens is 267 g/mol. The van der Waals surface area contributed by atoms with Gasteiger partial charge >= 0.3 is 6.18 Å². The van der Waals surface area contributed by atoms with E-state index in [-0.39, 0.29) is 0 Å². The topological polar surface area (TPSA) is 40.7 Å². The summed E-state index contributed by atoms with van der Waals surface area (Å²) >= 11 is 0. The predicted molar refractivity (Wildman–Crippen MR) is 71.0 cm³/mol. The number of rotatable bonds is 5. The maximum atomic E-state index is 12.5. The van der Waals surface area contributed by atoms with Crippen molar-refractivity contribution in [1.29, 1.82) is 0 Å². The zero-order valence-electron chi connectivity index (χ0n) is 11.1. The summed E-state index contributed by atoms with van der Waals surface area (Å²) in [5.74, 6) is 0. The van der Waals surface area contributed by atoms with E-state index in [0.29, 0.717) is 12.1 Å². The summed E-state index contributed by atoms with van der Waals surface area (Å²) < 4.78 is 37.6. The highest BCUT2D eigenvalue weighted by Crippen LogP contribution is 2.31. The molecule has 0 amide bonds. The molecule has 0 atom stereocenters. The van der Waals surface area contributed by atoms with E-state index in [1.807, 2.05) is 0 Å². The minimum atomic E-state index is -4.31. The highest BCUT2D eigenvalue weighted by molar-refractivity contribution is 5.63. The Hall–Kier alpha value is -1.82. The van der Waals surface area contributed by atoms with Crippen LogP contribution in [-0.2, 0) is 12.7 Å². The summed E-state index contributed by atoms with van der Waals surface area (Å²) in [5.41, 5.74) is 1.75. The third-order valence-electron chi connectivity index (χ3n) is 2.96. The number of nitrogens with zero attached hydrogens (tertiary/aromatic N) is 1. The average Bonchev–Trinajstić information content (AvgIpc) is 2.87. The quantitative estimate of drug-likeness (QED) is 0.823. The van der Waals surface area contributed by atoms with E-state index in [1.54, 1.807) is 6.20 Å². The maximum Gasteiger partial charge on any atom is 0.416 e. The minimum Gasteiger partial charge on any atom is -0.313 e. The molecule has 1 heterocycles. The SMILES string of the molecule is CCCNCc1cn[nH]c1-c1ccc(C(F)(F)F)cc1. The van der Waals surface area contributed by atoms with Crippen LogP contribution in [0.3, 0.4) is 0 Å². The summed E-state index contributed by atoms with van der Waals surface area (Å²) in [5, 5.41) is 10.0. The normalized spacial score (nSPS) is 11.8. The maximum absolute atomic E-state index is 12.5. The number of aromatic amines is 1. The predicted octanol–water partition coefficient (Wildman–Crippen LogP) is 3.60. The summed E-state index contributed by atoms with van der Waals surface area (Å²) in [6, 6.07) is 5.08. The van der Waals surface area contributed by atoms with Crippen LogP contribution in [0, 0.1) is 0 Å². The standard InChI is InChI=1S/C14H16F3N3/c1-2-7-18-8-11-9-19-20-13(11)10-3-5-12(6-4-10)14(15,16)17/h3-6,9,18H,2,7-8H2,1H3,(H,19,20). The van der Waals surface area contributed by atoms with Crippen LogP contribution in [0.25, 0.3) is 11.3 Å². The number of benzene rings is 1. The summed E-state index contributed by atoms with van der Waals surface area (Å²) in [6.45, 7) is 3.59. The van der Waals surface area contributed by atoms with Crippen molar-refractivity contribution in [2.24, 2.45) is 0 Å². The lowest BCUT2D eigenvalue weighted by Gasteiger charge is -2.08. The highest BCUT2D eigenvalue weighted by Gasteiger charge is 2.30. The van der Waals surface area contributed by atoms with Gasteiger partial charge in [0, 0.05) is 12.1 Å². The zero-order valence-corrected chi connectivity index (χ0v) is 11.1. The van der Waals surface area contributed by atoms with Crippen molar-refractivity contribution in [3.63, 3.8) is 0 Å². The third-order valence-corrected chi connectivity index (χ3v) is 2.96. The van der Waals surface area contributed by atoms with Crippen LogP contribution < -0.4 is 5.32 Å². The molecule has 0 aliphatic heterocycles. The van der Waals surface area contributed by atoms with Crippen LogP contribution in [0.4, 0.5) is 13.2 Å². The van der Waals surface area contributed by atoms with Crippen molar-refractivity contribution >= 4 is 0 Å². The lowest BCUT2D eigenvalue weighted by molar-refractivity contribution is -0.137. The second kappa shape index (κ2) is 6.09. The molecule has 6 heteroatoms. The number of H-pyrrole nitrogens is 1. The summed E-state index contributed by atoms with van der Waals surface area (Å²) in [4.78, 5) is 0. The van der Waals surface area contributed by atoms with Crippen molar-refractivity contribution in [3.8, 4) is 11.3 Å². The fraction of sp³-hybridized carbons (Fsp3) is 0.357. The molecule has 1 aromatic heterocycles. The lowest BCUT2D eigenvalue weighted by Crippen LogP contribution is -2.13. The van der Waals surface area contributed by atoms with Crippen LogP contribution in [0.15, 0.2) is 30.5 Å². The van der Waals surface area contributed by atoms with Gasteiger partial charge in [-0.25, -0.2) is 0 Å². The lowest BCUT2D eigenvalue weighted by atomic mass is 10.1. The molecular formula is C14H16F3N3. The molecule has 0 aliphatic carbocycles. The van der Waals surface area contributed by atoms with Gasteiger partial charge < -0.3 is 5.32 Å². The van der Waals surface area contributed by atoms with E-state index in [1.165, 1.54) is 12.1 Å². The van der Waals surface area contributed by atoms with Gasteiger partial charge in [0.1, 0.15) is 0 Å². The van der Waals surface area contributed by atoms with Gasteiger partial charge in [-0.1, -0.05) is 19.1 Å². The van der Waals surface area contributed by atoms with Gasteiger partial charge in [0.25, 0.3) is 0 Å². The van der Waals surface area contributed by atoms with Crippen LogP contribution >= 0.6 is 0 Å². The van der Waals surface area contributed by atoms with Crippen molar-refractivity contribution in [1.82, 2.24) is 15.5 Å². The van der Waals surface area contributed by atoms with E-state index in [9.17, 15) is 13.2 Å². The monoisotopic (exact) mass is 283 g/mol. The van der Waals surface area contributed by atoms with E-state index < -0.39 is 11.7 Å². The molecule has 108 valence electrons. The van der Waals surface area contributed by atoms with Crippen molar-refractivity contribution in [3.05, 3.63) is 41.6 Å². The Bertz CT molecular complexity index is 544. The molecule has 2 rings (SSSR count). The molecule has 0 saturated heterocycles. The van der Waals surface area contributed by atoms with Gasteiger partial charge in [-0.2, -0.15) is 18.3 Å². The van der Waals surface area contributed by atoms with E-state index in [2.05, 4.69) is 22.4 Å². The number of halogens is 3. The van der Waals surface area contributed by atoms with Crippen molar-refractivity contribution in [2.75, 3.05) is 6.54 Å². The number of alkyl halides is 3. The molecule has 0 bridgehead atoms. The molecule has 2 N–H and O–H groups in total. The van der Waals surface area contributed by atoms with Crippen molar-refractivity contribution < 1.29 is 13.2 Å². The molecule has 0 unspecified atom stereocenters. The fourth-order valence-electron chi connectivity index (χ4n) is 1.92. The Kier molecular flexibility index (Phi) is 4.44. The van der Waals surface area contributed by atoms with Gasteiger partial charge in [-0.05, 0) is 30.7 Å². The number of aromatic nitrogens is 2. The number of hydrogen-bond acceptors (Lipinski definition) is 2. The van der Waals surface area contributed by atoms with Gasteiger partial charge in [0.2, 0.25) is 0 Å². The van der Waals surface area contributed by atoms with Gasteiger partial charge in [0.05, 0.1) is 17.5 Å². The molecule has 2 aromatic rings. The smallest absolute Gasteiger partial charge is 0.313 e. The largest absolute Gasteiger partial charge is 0.416 e. The van der Waals surface area contributed by atoms with Crippen molar-refractivity contribution in [2.45, 2.75) is 26.1 Å². The first-order chi connectivity index (χ1) is 9.52. The van der Waals surface area contributed by atoms with E-state index in [4.69, 9.17) is 0 Å². The first-order valence-corrected chi connectivity index (χ1v) is 6.43. The van der Waals surface area contributed by atoms with Crippen LogP contribution in [0.5, 0.6) is 0 Å². The van der Waals surface area contributed by atoms with Crippen LogP contribution in [0.2, 0.25) is 0 Å². The molecule has 0 aliphatic rings. The Morgan fingerprint density at radius 2 is 1.90 bits per heavy atom. The summed E-state index contributed by atoms with van der Waals surface area (Å²) in [6.07, 6.45) is -1.60. The molecule has 0 spiro atoms. The Morgan fingerprint density at radius 1 is 1.20 bits per heavy atom. The molecule has 20 heavy (non-hydrogen) atoms. The number of nitrogens with one attached hydrogen (secondary N) is 2. The highest BCUT2D eigenvalue weighted by atomic mass is 19.4. The molecule has 1 aromatic carbocycles. The second-order valence-corrected chi connectivity index (χ2v) is 4.52. The van der Waals surface area contributed by atoms with Gasteiger partial charge in [0.15, 0.2) is 0 Å². The fourth-order valence-corrected chi connectivity index (χ4v) is 1.92. The zero-order chi connectivity index (χ0) is 14.6. The molecule has 3 nitrogen and oxygen atoms in total. The average molecular weight is 283 g/mol. The first kappa shape index (κ1) is 14.6. The Labute approximate surface area is 115 Å². The molecule has 0 fully saturated rings. The van der Waals surface area contributed by atoms with Gasteiger partial charge in [-0.3, -0.25) is 5.10 Å². The second-order valence-electron chi connectivity index (χ2n) is 4.52. The first-order valence-electron chi connectivity index (χ1n) is 6.43. The molecule has 0 radical (unpaired) electrons. The van der Waals surface area contributed by atoms with Crippen LogP contribution in [-0.4, -0.2) is 16.7 Å². The van der Waals surface area contributed by atoms with Crippen LogP contribution in [0.1, 0.15) is 24.5 Å². The minimum absolute atomic E-state index is 0.640. The third kappa shape index (κ3) is 3.39. The molecule has 0 saturated carbocycles. The number of hydrogen-bond donors (Lipinski definition) is 2. The van der Waals surface area contributed by atoms with E-state index >= 15 is 0 Å². The van der Waals surface area contributed by atoms with Gasteiger partial charge in [-0.15, -0.1) is 0 Å². The Morgan fingerprint density at radius 3 is 2.50 bits per heavy atom.